The Bertz CT molecular complexity index is 302. The molecule has 1 aromatic heterocycles. The normalized spacial score (nSPS) is 8.54. The smallest absolute Gasteiger partial charge is 0.356 e. The number of carbonyl (C=O) groups is 1. The lowest BCUT2D eigenvalue weighted by atomic mass is 10.3. The fourth-order valence-corrected chi connectivity index (χ4v) is 0.983. The van der Waals surface area contributed by atoms with Crippen LogP contribution in [0.3, 0.4) is 0 Å². The highest BCUT2D eigenvalue weighted by molar-refractivity contribution is 9.10. The van der Waals surface area contributed by atoms with Crippen molar-refractivity contribution < 1.29 is 9.90 Å². The first kappa shape index (κ1) is 11.9. The first-order valence-corrected chi connectivity index (χ1v) is 4.55. The van der Waals surface area contributed by atoms with Gasteiger partial charge in [0.05, 0.1) is 5.69 Å². The highest BCUT2D eigenvalue weighted by Gasteiger charge is 2.08. The van der Waals surface area contributed by atoms with Gasteiger partial charge in [0, 0.05) is 10.7 Å². The van der Waals surface area contributed by atoms with Gasteiger partial charge in [-0.25, -0.2) is 9.78 Å². The van der Waals surface area contributed by atoms with Crippen LogP contribution in [-0.2, 0) is 0 Å². The van der Waals surface area contributed by atoms with Crippen LogP contribution in [0, 0.1) is 0 Å². The summed E-state index contributed by atoms with van der Waals surface area (Å²) in [4.78, 5) is 14.0. The van der Waals surface area contributed by atoms with Crippen LogP contribution in [-0.4, -0.2) is 16.1 Å². The third-order valence-electron chi connectivity index (χ3n) is 1.09. The maximum Gasteiger partial charge on any atom is 0.356 e. The molecule has 0 radical (unpaired) electrons. The Morgan fingerprint density at radius 2 is 2.15 bits per heavy atom. The average molecular weight is 247 g/mol. The molecule has 0 bridgehead atoms. The van der Waals surface area contributed by atoms with Crippen molar-refractivity contribution >= 4 is 27.6 Å². The number of hydrogen-bond acceptors (Lipinski definition) is 3. The Morgan fingerprint density at radius 1 is 1.62 bits per heavy atom. The van der Waals surface area contributed by atoms with Crippen LogP contribution in [0.2, 0.25) is 0 Å². The zero-order chi connectivity index (χ0) is 10.4. The van der Waals surface area contributed by atoms with Crippen molar-refractivity contribution in [3.8, 4) is 0 Å². The number of rotatable bonds is 1. The Labute approximate surface area is 84.9 Å². The van der Waals surface area contributed by atoms with E-state index in [9.17, 15) is 4.79 Å². The van der Waals surface area contributed by atoms with Gasteiger partial charge >= 0.3 is 5.97 Å². The fraction of sp³-hybridized carbons (Fsp3) is 0.250. The zero-order valence-electron chi connectivity index (χ0n) is 7.41. The quantitative estimate of drug-likeness (QED) is 0.797. The number of aromatic carboxylic acids is 1. The molecule has 0 amide bonds. The number of nitrogen functional groups attached to an aromatic ring is 1. The first-order chi connectivity index (χ1) is 6.11. The van der Waals surface area contributed by atoms with Gasteiger partial charge in [-0.1, -0.05) is 13.8 Å². The van der Waals surface area contributed by atoms with Crippen LogP contribution in [0.1, 0.15) is 24.3 Å². The Balaban J connectivity index is 0.000000671. The predicted octanol–water partition coefficient (Wildman–Crippen LogP) is 2.15. The summed E-state index contributed by atoms with van der Waals surface area (Å²) in [5.41, 5.74) is 5.39. The summed E-state index contributed by atoms with van der Waals surface area (Å²) in [5.74, 6) is -1.12. The molecule has 0 aliphatic heterocycles. The molecule has 5 heteroatoms. The molecule has 0 aromatic carbocycles. The SMILES string of the molecule is CC.Nc1cc(Br)cnc1C(=O)O. The molecule has 0 atom stereocenters. The molecule has 0 spiro atoms. The van der Waals surface area contributed by atoms with Crippen molar-refractivity contribution in [2.24, 2.45) is 0 Å². The van der Waals surface area contributed by atoms with E-state index >= 15 is 0 Å². The summed E-state index contributed by atoms with van der Waals surface area (Å²) in [5, 5.41) is 8.50. The Hall–Kier alpha value is -1.10. The monoisotopic (exact) mass is 246 g/mol. The molecule has 0 fully saturated rings. The molecular formula is C8H11BrN2O2. The molecule has 0 aliphatic rings. The molecule has 0 saturated carbocycles. The summed E-state index contributed by atoms with van der Waals surface area (Å²) in [7, 11) is 0. The van der Waals surface area contributed by atoms with Gasteiger partial charge in [0.15, 0.2) is 5.69 Å². The Kier molecular flexibility index (Phi) is 5.06. The third kappa shape index (κ3) is 3.42. The van der Waals surface area contributed by atoms with Gasteiger partial charge in [0.2, 0.25) is 0 Å². The highest BCUT2D eigenvalue weighted by atomic mass is 79.9. The molecular weight excluding hydrogens is 236 g/mol. The molecule has 1 aromatic rings. The first-order valence-electron chi connectivity index (χ1n) is 3.75. The van der Waals surface area contributed by atoms with Crippen molar-refractivity contribution in [1.82, 2.24) is 4.98 Å². The molecule has 0 aliphatic carbocycles. The van der Waals surface area contributed by atoms with Crippen molar-refractivity contribution in [3.05, 3.63) is 22.4 Å². The summed E-state index contributed by atoms with van der Waals surface area (Å²) in [6.07, 6.45) is 1.39. The van der Waals surface area contributed by atoms with Crippen LogP contribution < -0.4 is 5.73 Å². The van der Waals surface area contributed by atoms with Crippen molar-refractivity contribution in [1.29, 1.82) is 0 Å². The van der Waals surface area contributed by atoms with E-state index in [0.717, 1.165) is 0 Å². The van der Waals surface area contributed by atoms with Crippen molar-refractivity contribution in [3.63, 3.8) is 0 Å². The summed E-state index contributed by atoms with van der Waals surface area (Å²) in [6, 6.07) is 1.50. The second kappa shape index (κ2) is 5.53. The number of nitrogens with two attached hydrogens (primary N) is 1. The van der Waals surface area contributed by atoms with Gasteiger partial charge in [-0.05, 0) is 22.0 Å². The van der Waals surface area contributed by atoms with Crippen LogP contribution in [0.5, 0.6) is 0 Å². The summed E-state index contributed by atoms with van der Waals surface area (Å²) >= 11 is 3.11. The van der Waals surface area contributed by atoms with Crippen molar-refractivity contribution in [2.75, 3.05) is 5.73 Å². The topological polar surface area (TPSA) is 76.2 Å². The molecule has 4 nitrogen and oxygen atoms in total. The molecule has 3 N–H and O–H groups in total. The molecule has 1 heterocycles. The number of aromatic nitrogens is 1. The van der Waals surface area contributed by atoms with Gasteiger partial charge < -0.3 is 10.8 Å². The lowest BCUT2D eigenvalue weighted by molar-refractivity contribution is 0.0692. The number of nitrogens with zero attached hydrogens (tertiary/aromatic N) is 1. The lowest BCUT2D eigenvalue weighted by Gasteiger charge is -1.98. The van der Waals surface area contributed by atoms with Gasteiger partial charge in [-0.15, -0.1) is 0 Å². The lowest BCUT2D eigenvalue weighted by Crippen LogP contribution is -2.04. The Morgan fingerprint density at radius 3 is 2.54 bits per heavy atom. The van der Waals surface area contributed by atoms with Crippen LogP contribution in [0.25, 0.3) is 0 Å². The number of hydrogen-bond donors (Lipinski definition) is 2. The third-order valence-corrected chi connectivity index (χ3v) is 1.52. The van der Waals surface area contributed by atoms with Gasteiger partial charge in [-0.2, -0.15) is 0 Å². The minimum Gasteiger partial charge on any atom is -0.476 e. The minimum absolute atomic E-state index is 0.117. The fourth-order valence-electron chi connectivity index (χ4n) is 0.634. The maximum atomic E-state index is 10.4. The van der Waals surface area contributed by atoms with E-state index in [1.165, 1.54) is 12.3 Å². The van der Waals surface area contributed by atoms with E-state index < -0.39 is 5.97 Å². The second-order valence-corrected chi connectivity index (χ2v) is 2.81. The van der Waals surface area contributed by atoms with E-state index in [4.69, 9.17) is 10.8 Å². The number of anilines is 1. The van der Waals surface area contributed by atoms with Crippen LogP contribution in [0.15, 0.2) is 16.7 Å². The second-order valence-electron chi connectivity index (χ2n) is 1.90. The number of carboxylic acid groups (broad SMARTS) is 1. The minimum atomic E-state index is -1.12. The zero-order valence-corrected chi connectivity index (χ0v) is 9.00. The number of pyridine rings is 1. The predicted molar refractivity (Wildman–Crippen MR) is 54.7 cm³/mol. The van der Waals surface area contributed by atoms with Crippen LogP contribution >= 0.6 is 15.9 Å². The van der Waals surface area contributed by atoms with E-state index in [2.05, 4.69) is 20.9 Å². The van der Waals surface area contributed by atoms with E-state index in [0.29, 0.717) is 4.47 Å². The average Bonchev–Trinajstić information content (AvgIpc) is 2.07. The van der Waals surface area contributed by atoms with Crippen molar-refractivity contribution in [2.45, 2.75) is 13.8 Å². The largest absolute Gasteiger partial charge is 0.476 e. The molecule has 72 valence electrons. The highest BCUT2D eigenvalue weighted by Crippen LogP contribution is 2.15. The molecule has 0 unspecified atom stereocenters. The van der Waals surface area contributed by atoms with Crippen LogP contribution in [0.4, 0.5) is 5.69 Å². The van der Waals surface area contributed by atoms with Gasteiger partial charge in [-0.3, -0.25) is 0 Å². The molecule has 1 rings (SSSR count). The van der Waals surface area contributed by atoms with E-state index in [-0.39, 0.29) is 11.4 Å². The van der Waals surface area contributed by atoms with E-state index in [1.807, 2.05) is 13.8 Å². The molecule has 13 heavy (non-hydrogen) atoms. The standard InChI is InChI=1S/C6H5BrN2O2.C2H6/c7-3-1-4(8)5(6(10)11)9-2-3;1-2/h1-2H,8H2,(H,10,11);1-2H3. The number of halogens is 1. The molecule has 0 saturated heterocycles. The summed E-state index contributed by atoms with van der Waals surface area (Å²) in [6.45, 7) is 4.00. The van der Waals surface area contributed by atoms with E-state index in [1.54, 1.807) is 0 Å². The number of carboxylic acids is 1. The van der Waals surface area contributed by atoms with Gasteiger partial charge in [0.1, 0.15) is 0 Å². The summed E-state index contributed by atoms with van der Waals surface area (Å²) < 4.78 is 0.667. The maximum absolute atomic E-state index is 10.4. The van der Waals surface area contributed by atoms with Gasteiger partial charge in [0.25, 0.3) is 0 Å².